The standard InChI is InChI=1S/C11H23NO/c1-4-11(2,3)12-9-10-7-5-6-8-13-10/h10,12H,4-9H2,1-3H3. The summed E-state index contributed by atoms with van der Waals surface area (Å²) in [5, 5.41) is 3.55. The molecule has 1 aliphatic heterocycles. The summed E-state index contributed by atoms with van der Waals surface area (Å²) in [7, 11) is 0. The molecule has 1 aliphatic rings. The zero-order valence-electron chi connectivity index (χ0n) is 9.23. The van der Waals surface area contributed by atoms with E-state index in [1.165, 1.54) is 25.7 Å². The van der Waals surface area contributed by atoms with E-state index in [9.17, 15) is 0 Å². The van der Waals surface area contributed by atoms with Crippen LogP contribution in [0, 0.1) is 0 Å². The number of hydrogen-bond acceptors (Lipinski definition) is 2. The molecule has 13 heavy (non-hydrogen) atoms. The molecule has 2 heteroatoms. The highest BCUT2D eigenvalue weighted by Gasteiger charge is 2.18. The van der Waals surface area contributed by atoms with Crippen molar-refractivity contribution in [3.05, 3.63) is 0 Å². The first-order chi connectivity index (χ1) is 6.14. The van der Waals surface area contributed by atoms with Crippen molar-refractivity contribution >= 4 is 0 Å². The van der Waals surface area contributed by atoms with Crippen molar-refractivity contribution in [3.8, 4) is 0 Å². The van der Waals surface area contributed by atoms with Crippen LogP contribution in [0.1, 0.15) is 46.5 Å². The van der Waals surface area contributed by atoms with E-state index in [2.05, 4.69) is 26.1 Å². The molecule has 0 aromatic rings. The summed E-state index contributed by atoms with van der Waals surface area (Å²) in [5.41, 5.74) is 0.265. The summed E-state index contributed by atoms with van der Waals surface area (Å²) in [5.74, 6) is 0. The lowest BCUT2D eigenvalue weighted by molar-refractivity contribution is 0.0129. The highest BCUT2D eigenvalue weighted by Crippen LogP contribution is 2.13. The zero-order valence-corrected chi connectivity index (χ0v) is 9.23. The SMILES string of the molecule is CCC(C)(C)NCC1CCCCO1. The van der Waals surface area contributed by atoms with Gasteiger partial charge in [0, 0.05) is 18.7 Å². The van der Waals surface area contributed by atoms with Gasteiger partial charge in [0.1, 0.15) is 0 Å². The van der Waals surface area contributed by atoms with Gasteiger partial charge in [-0.2, -0.15) is 0 Å². The third-order valence-electron chi connectivity index (χ3n) is 2.97. The lowest BCUT2D eigenvalue weighted by atomic mass is 10.0. The Hall–Kier alpha value is -0.0800. The van der Waals surface area contributed by atoms with Gasteiger partial charge in [-0.3, -0.25) is 0 Å². The second-order valence-electron chi connectivity index (χ2n) is 4.61. The second-order valence-corrected chi connectivity index (χ2v) is 4.61. The molecule has 0 spiro atoms. The van der Waals surface area contributed by atoms with Gasteiger partial charge in [0.05, 0.1) is 6.10 Å². The summed E-state index contributed by atoms with van der Waals surface area (Å²) in [6.45, 7) is 8.68. The molecular weight excluding hydrogens is 162 g/mol. The maximum absolute atomic E-state index is 5.66. The molecular formula is C11H23NO. The molecule has 1 saturated heterocycles. The molecule has 1 unspecified atom stereocenters. The van der Waals surface area contributed by atoms with Gasteiger partial charge in [0.15, 0.2) is 0 Å². The minimum atomic E-state index is 0.265. The molecule has 1 rings (SSSR count). The summed E-state index contributed by atoms with van der Waals surface area (Å²) >= 11 is 0. The topological polar surface area (TPSA) is 21.3 Å². The van der Waals surface area contributed by atoms with Gasteiger partial charge in [0.25, 0.3) is 0 Å². The van der Waals surface area contributed by atoms with Crippen LogP contribution in [0.4, 0.5) is 0 Å². The monoisotopic (exact) mass is 185 g/mol. The molecule has 1 atom stereocenters. The fourth-order valence-electron chi connectivity index (χ4n) is 1.48. The van der Waals surface area contributed by atoms with Crippen molar-refractivity contribution in [3.63, 3.8) is 0 Å². The molecule has 1 heterocycles. The van der Waals surface area contributed by atoms with Crippen LogP contribution < -0.4 is 5.32 Å². The average Bonchev–Trinajstić information content (AvgIpc) is 2.17. The normalized spacial score (nSPS) is 24.7. The van der Waals surface area contributed by atoms with E-state index in [4.69, 9.17) is 4.74 Å². The number of hydrogen-bond donors (Lipinski definition) is 1. The van der Waals surface area contributed by atoms with Crippen LogP contribution in [-0.2, 0) is 4.74 Å². The first-order valence-electron chi connectivity index (χ1n) is 5.51. The zero-order chi connectivity index (χ0) is 9.73. The van der Waals surface area contributed by atoms with Crippen molar-refractivity contribution in [2.24, 2.45) is 0 Å². The molecule has 0 aromatic heterocycles. The molecule has 0 saturated carbocycles. The van der Waals surface area contributed by atoms with Crippen molar-refractivity contribution in [1.82, 2.24) is 5.32 Å². The Morgan fingerprint density at radius 2 is 2.15 bits per heavy atom. The van der Waals surface area contributed by atoms with Crippen LogP contribution >= 0.6 is 0 Å². The van der Waals surface area contributed by atoms with Gasteiger partial charge in [-0.25, -0.2) is 0 Å². The predicted octanol–water partition coefficient (Wildman–Crippen LogP) is 2.33. The van der Waals surface area contributed by atoms with Crippen molar-refractivity contribution in [2.45, 2.75) is 58.1 Å². The highest BCUT2D eigenvalue weighted by atomic mass is 16.5. The highest BCUT2D eigenvalue weighted by molar-refractivity contribution is 4.78. The Morgan fingerprint density at radius 3 is 2.69 bits per heavy atom. The fourth-order valence-corrected chi connectivity index (χ4v) is 1.48. The minimum Gasteiger partial charge on any atom is -0.377 e. The largest absolute Gasteiger partial charge is 0.377 e. The van der Waals surface area contributed by atoms with Gasteiger partial charge >= 0.3 is 0 Å². The molecule has 0 aromatic carbocycles. The first kappa shape index (κ1) is 11.0. The molecule has 2 nitrogen and oxygen atoms in total. The third-order valence-corrected chi connectivity index (χ3v) is 2.97. The maximum atomic E-state index is 5.66. The molecule has 78 valence electrons. The second kappa shape index (κ2) is 4.97. The summed E-state index contributed by atoms with van der Waals surface area (Å²) in [6, 6.07) is 0. The fraction of sp³-hybridized carbons (Fsp3) is 1.00. The van der Waals surface area contributed by atoms with E-state index in [1.54, 1.807) is 0 Å². The van der Waals surface area contributed by atoms with Gasteiger partial charge in [-0.1, -0.05) is 6.92 Å². The summed E-state index contributed by atoms with van der Waals surface area (Å²) < 4.78 is 5.66. The van der Waals surface area contributed by atoms with Crippen LogP contribution in [0.3, 0.4) is 0 Å². The molecule has 0 bridgehead atoms. The van der Waals surface area contributed by atoms with Crippen molar-refractivity contribution in [1.29, 1.82) is 0 Å². The Balaban J connectivity index is 2.17. The van der Waals surface area contributed by atoms with Crippen molar-refractivity contribution in [2.75, 3.05) is 13.2 Å². The molecule has 0 radical (unpaired) electrons. The lowest BCUT2D eigenvalue weighted by Gasteiger charge is -2.29. The minimum absolute atomic E-state index is 0.265. The van der Waals surface area contributed by atoms with Gasteiger partial charge in [-0.05, 0) is 39.5 Å². The maximum Gasteiger partial charge on any atom is 0.0699 e. The molecule has 0 amide bonds. The first-order valence-corrected chi connectivity index (χ1v) is 5.51. The Labute approximate surface area is 82.0 Å². The van der Waals surface area contributed by atoms with E-state index in [0.29, 0.717) is 6.10 Å². The number of rotatable bonds is 4. The molecule has 1 fully saturated rings. The smallest absolute Gasteiger partial charge is 0.0699 e. The van der Waals surface area contributed by atoms with E-state index < -0.39 is 0 Å². The number of nitrogens with one attached hydrogen (secondary N) is 1. The predicted molar refractivity (Wildman–Crippen MR) is 56.0 cm³/mol. The van der Waals surface area contributed by atoms with Crippen LogP contribution in [0.2, 0.25) is 0 Å². The van der Waals surface area contributed by atoms with E-state index in [-0.39, 0.29) is 5.54 Å². The van der Waals surface area contributed by atoms with E-state index in [1.807, 2.05) is 0 Å². The van der Waals surface area contributed by atoms with Crippen LogP contribution in [0.5, 0.6) is 0 Å². The quantitative estimate of drug-likeness (QED) is 0.726. The third kappa shape index (κ3) is 4.10. The van der Waals surface area contributed by atoms with Gasteiger partial charge in [0.2, 0.25) is 0 Å². The average molecular weight is 185 g/mol. The lowest BCUT2D eigenvalue weighted by Crippen LogP contribution is -2.44. The van der Waals surface area contributed by atoms with Crippen LogP contribution in [-0.4, -0.2) is 24.8 Å². The molecule has 1 N–H and O–H groups in total. The van der Waals surface area contributed by atoms with Crippen molar-refractivity contribution < 1.29 is 4.74 Å². The van der Waals surface area contributed by atoms with Crippen LogP contribution in [0.15, 0.2) is 0 Å². The van der Waals surface area contributed by atoms with Crippen LogP contribution in [0.25, 0.3) is 0 Å². The van der Waals surface area contributed by atoms with E-state index >= 15 is 0 Å². The van der Waals surface area contributed by atoms with E-state index in [0.717, 1.165) is 13.2 Å². The molecule has 0 aliphatic carbocycles. The Bertz CT molecular complexity index is 139. The Kier molecular flexibility index (Phi) is 4.20. The van der Waals surface area contributed by atoms with Gasteiger partial charge < -0.3 is 10.1 Å². The summed E-state index contributed by atoms with van der Waals surface area (Å²) in [6.07, 6.45) is 5.43. The Morgan fingerprint density at radius 1 is 1.38 bits per heavy atom. The number of ether oxygens (including phenoxy) is 1. The van der Waals surface area contributed by atoms with Gasteiger partial charge in [-0.15, -0.1) is 0 Å². The summed E-state index contributed by atoms with van der Waals surface area (Å²) in [4.78, 5) is 0.